The normalized spacial score (nSPS) is 43.9. The molecule has 0 aromatic heterocycles. The molecule has 10 atom stereocenters. The van der Waals surface area contributed by atoms with Crippen molar-refractivity contribution in [2.24, 2.45) is 62.6 Å². The average Bonchev–Trinajstić information content (AvgIpc) is 3.40. The zero-order valence-corrected chi connectivity index (χ0v) is 32.9. The van der Waals surface area contributed by atoms with E-state index in [1.54, 1.807) is 13.8 Å². The quantitative estimate of drug-likeness (QED) is 0.187. The summed E-state index contributed by atoms with van der Waals surface area (Å²) >= 11 is 0. The second kappa shape index (κ2) is 12.9. The molecule has 5 saturated carbocycles. The van der Waals surface area contributed by atoms with Crippen LogP contribution >= 0.6 is 0 Å². The van der Waals surface area contributed by atoms with Crippen molar-refractivity contribution in [1.82, 2.24) is 10.2 Å². The highest BCUT2D eigenvalue weighted by Gasteiger charge is 2.71. The molecule has 1 heterocycles. The summed E-state index contributed by atoms with van der Waals surface area (Å²) in [5, 5.41) is 13.9. The number of rotatable bonds is 9. The van der Waals surface area contributed by atoms with E-state index in [-0.39, 0.29) is 40.3 Å². The predicted molar refractivity (Wildman–Crippen MR) is 198 cm³/mol. The van der Waals surface area contributed by atoms with Gasteiger partial charge in [-0.05, 0) is 163 Å². The van der Waals surface area contributed by atoms with Gasteiger partial charge in [-0.15, -0.1) is 0 Å². The maximum absolute atomic E-state index is 13.1. The molecular weight excluding hydrogens is 608 g/mol. The number of nitrogens with one attached hydrogen (secondary N) is 1. The second-order valence-corrected chi connectivity index (χ2v) is 20.5. The lowest BCUT2D eigenvalue weighted by molar-refractivity contribution is -0.246. The van der Waals surface area contributed by atoms with Gasteiger partial charge in [-0.3, -0.25) is 9.59 Å². The molecule has 2 N–H and O–H groups in total. The van der Waals surface area contributed by atoms with Crippen LogP contribution in [0.5, 0.6) is 0 Å². The average molecular weight is 681 g/mol. The third-order valence-corrected chi connectivity index (χ3v) is 17.2. The molecule has 6 nitrogen and oxygen atoms in total. The molecule has 0 radical (unpaired) electrons. The Bertz CT molecular complexity index is 1280. The number of carboxylic acids is 1. The summed E-state index contributed by atoms with van der Waals surface area (Å²) in [5.41, 5.74) is 1.18. The number of esters is 1. The number of piperidine rings is 1. The summed E-state index contributed by atoms with van der Waals surface area (Å²) in [7, 11) is 0. The number of nitrogens with zero attached hydrogens (tertiary/aromatic N) is 1. The van der Waals surface area contributed by atoms with Crippen LogP contribution in [0.1, 0.15) is 146 Å². The molecule has 1 saturated heterocycles. The summed E-state index contributed by atoms with van der Waals surface area (Å²) in [5.74, 6) is 2.72. The van der Waals surface area contributed by atoms with Crippen LogP contribution in [-0.4, -0.2) is 59.8 Å². The minimum absolute atomic E-state index is 0.0858. The fourth-order valence-corrected chi connectivity index (χ4v) is 14.0. The van der Waals surface area contributed by atoms with Gasteiger partial charge in [-0.2, -0.15) is 0 Å². The van der Waals surface area contributed by atoms with E-state index < -0.39 is 11.4 Å². The van der Waals surface area contributed by atoms with Crippen molar-refractivity contribution in [1.29, 1.82) is 0 Å². The van der Waals surface area contributed by atoms with Crippen molar-refractivity contribution in [2.75, 3.05) is 26.2 Å². The van der Waals surface area contributed by atoms with Gasteiger partial charge >= 0.3 is 11.9 Å². The maximum Gasteiger partial charge on any atom is 0.309 e. The van der Waals surface area contributed by atoms with Gasteiger partial charge < -0.3 is 20.1 Å². The molecule has 6 heteroatoms. The fourth-order valence-electron chi connectivity index (χ4n) is 14.0. The van der Waals surface area contributed by atoms with Crippen molar-refractivity contribution < 1.29 is 19.4 Å². The maximum atomic E-state index is 13.1. The number of hydrogen-bond acceptors (Lipinski definition) is 5. The van der Waals surface area contributed by atoms with E-state index in [2.05, 4.69) is 65.3 Å². The van der Waals surface area contributed by atoms with Crippen LogP contribution < -0.4 is 5.32 Å². The summed E-state index contributed by atoms with van der Waals surface area (Å²) < 4.78 is 6.20. The van der Waals surface area contributed by atoms with Crippen LogP contribution in [0.15, 0.2) is 12.2 Å². The van der Waals surface area contributed by atoms with Crippen LogP contribution in [0.2, 0.25) is 0 Å². The van der Waals surface area contributed by atoms with Gasteiger partial charge in [0.25, 0.3) is 0 Å². The van der Waals surface area contributed by atoms with Crippen LogP contribution in [0.3, 0.4) is 0 Å². The van der Waals surface area contributed by atoms with E-state index in [0.29, 0.717) is 29.1 Å². The molecule has 1 aliphatic heterocycles. The SMILES string of the molecule is C=C(C)[C@@H]1CC[C@]2(NCCN3CCC(C)CC3)CC[C@]3(C)[C@H](CC[C@@H]4[C@@]5(C)CC[C@H](OC(=O)CC(C)(C)C(=O)O)C(C)(C)[C@@H]5CC[C@]43C)[C@@H]12. The predicted octanol–water partition coefficient (Wildman–Crippen LogP) is 9.13. The lowest BCUT2D eigenvalue weighted by Crippen LogP contribution is -2.69. The molecular formula is C43H72N2O4. The van der Waals surface area contributed by atoms with Gasteiger partial charge in [0, 0.05) is 24.0 Å². The molecule has 5 aliphatic carbocycles. The number of hydrogen-bond donors (Lipinski definition) is 2. The van der Waals surface area contributed by atoms with Gasteiger partial charge in [0.1, 0.15) is 6.10 Å². The van der Waals surface area contributed by atoms with Crippen molar-refractivity contribution in [2.45, 2.75) is 157 Å². The zero-order valence-electron chi connectivity index (χ0n) is 32.9. The first-order chi connectivity index (χ1) is 22.8. The summed E-state index contributed by atoms with van der Waals surface area (Å²) in [6.45, 7) is 30.1. The molecule has 6 rings (SSSR count). The summed E-state index contributed by atoms with van der Waals surface area (Å²) in [6, 6.07) is 0. The Labute approximate surface area is 299 Å². The lowest BCUT2D eigenvalue weighted by atomic mass is 9.32. The standard InChI is InChI=1S/C43H72N2O4/c1-28(2)30-13-20-43(44-23-26-45-24-16-29(3)17-25-45)22-21-41(9)31(36(30)43)11-12-33-40(8)18-15-34(49-35(46)27-38(4,5)37(47)48)39(6,7)32(40)14-19-42(33,41)10/h29-34,36,44H,1,11-27H2,2-10H3,(H,47,48)/t30-,31+,32-,33+,34-,36+,40-,41+,42+,43-/m0/s1. The Kier molecular flexibility index (Phi) is 9.85. The lowest BCUT2D eigenvalue weighted by Gasteiger charge is -2.73. The number of fused-ring (bicyclic) bond motifs is 7. The van der Waals surface area contributed by atoms with Gasteiger partial charge in [-0.1, -0.05) is 53.7 Å². The Morgan fingerprint density at radius 3 is 2.22 bits per heavy atom. The number of ether oxygens (including phenoxy) is 1. The fraction of sp³-hybridized carbons (Fsp3) is 0.907. The zero-order chi connectivity index (χ0) is 35.8. The highest BCUT2D eigenvalue weighted by Crippen LogP contribution is 2.76. The molecule has 0 aromatic carbocycles. The number of carbonyl (C=O) groups is 2. The van der Waals surface area contributed by atoms with E-state index in [9.17, 15) is 14.7 Å². The minimum Gasteiger partial charge on any atom is -0.481 e. The molecule has 0 spiro atoms. The van der Waals surface area contributed by atoms with E-state index >= 15 is 0 Å². The molecule has 6 aliphatic rings. The summed E-state index contributed by atoms with van der Waals surface area (Å²) in [6.07, 6.45) is 14.7. The van der Waals surface area contributed by atoms with Crippen LogP contribution in [0.25, 0.3) is 0 Å². The molecule has 0 amide bonds. The van der Waals surface area contributed by atoms with Crippen LogP contribution in [0.4, 0.5) is 0 Å². The van der Waals surface area contributed by atoms with Crippen molar-refractivity contribution in [3.05, 3.63) is 12.2 Å². The first kappa shape index (κ1) is 37.4. The van der Waals surface area contributed by atoms with Crippen LogP contribution in [0, 0.1) is 62.6 Å². The van der Waals surface area contributed by atoms with Gasteiger partial charge in [0.2, 0.25) is 0 Å². The molecule has 0 aromatic rings. The minimum atomic E-state index is -1.12. The number of allylic oxidation sites excluding steroid dienone is 1. The van der Waals surface area contributed by atoms with Gasteiger partial charge in [0.15, 0.2) is 0 Å². The molecule has 6 fully saturated rings. The number of aliphatic carboxylic acids is 1. The third kappa shape index (κ3) is 6.07. The highest BCUT2D eigenvalue weighted by atomic mass is 16.5. The van der Waals surface area contributed by atoms with E-state index in [1.807, 2.05) is 0 Å². The van der Waals surface area contributed by atoms with Crippen molar-refractivity contribution in [3.8, 4) is 0 Å². The molecule has 0 unspecified atom stereocenters. The number of carboxylic acid groups (broad SMARTS) is 1. The topological polar surface area (TPSA) is 78.9 Å². The first-order valence-corrected chi connectivity index (χ1v) is 20.4. The smallest absolute Gasteiger partial charge is 0.309 e. The molecule has 0 bridgehead atoms. The Balaban J connectivity index is 1.21. The Morgan fingerprint density at radius 1 is 0.878 bits per heavy atom. The largest absolute Gasteiger partial charge is 0.481 e. The Hall–Kier alpha value is -1.40. The van der Waals surface area contributed by atoms with Crippen LogP contribution in [-0.2, 0) is 14.3 Å². The van der Waals surface area contributed by atoms with E-state index in [4.69, 9.17) is 4.74 Å². The molecule has 278 valence electrons. The van der Waals surface area contributed by atoms with E-state index in [0.717, 1.165) is 31.2 Å². The van der Waals surface area contributed by atoms with Crippen molar-refractivity contribution >= 4 is 11.9 Å². The Morgan fingerprint density at radius 2 is 1.57 bits per heavy atom. The monoisotopic (exact) mass is 681 g/mol. The summed E-state index contributed by atoms with van der Waals surface area (Å²) in [4.78, 5) is 27.5. The third-order valence-electron chi connectivity index (χ3n) is 17.2. The van der Waals surface area contributed by atoms with E-state index in [1.165, 1.54) is 89.4 Å². The first-order valence-electron chi connectivity index (χ1n) is 20.4. The number of likely N-dealkylation sites (tertiary alicyclic amines) is 1. The number of carbonyl (C=O) groups excluding carboxylic acids is 1. The molecule has 49 heavy (non-hydrogen) atoms. The van der Waals surface area contributed by atoms with Gasteiger partial charge in [-0.25, -0.2) is 0 Å². The van der Waals surface area contributed by atoms with Gasteiger partial charge in [0.05, 0.1) is 11.8 Å². The van der Waals surface area contributed by atoms with Crippen molar-refractivity contribution in [3.63, 3.8) is 0 Å². The second-order valence-electron chi connectivity index (χ2n) is 20.5. The highest BCUT2D eigenvalue weighted by molar-refractivity contribution is 5.81.